The molecule has 0 spiro atoms. The summed E-state index contributed by atoms with van der Waals surface area (Å²) in [6.45, 7) is 4.21. The third-order valence-electron chi connectivity index (χ3n) is 3.00. The van der Waals surface area contributed by atoms with Gasteiger partial charge in [-0.15, -0.1) is 11.8 Å². The van der Waals surface area contributed by atoms with Crippen LogP contribution >= 0.6 is 23.4 Å². The highest BCUT2D eigenvalue weighted by Crippen LogP contribution is 2.32. The van der Waals surface area contributed by atoms with Crippen LogP contribution in [0, 0.1) is 13.8 Å². The molecule has 0 aliphatic carbocycles. The summed E-state index contributed by atoms with van der Waals surface area (Å²) in [6, 6.07) is 12.6. The topological polar surface area (TPSA) is 0 Å². The van der Waals surface area contributed by atoms with E-state index in [9.17, 15) is 0 Å². The zero-order chi connectivity index (χ0) is 12.4. The van der Waals surface area contributed by atoms with Gasteiger partial charge in [0.05, 0.1) is 0 Å². The Morgan fingerprint density at radius 2 is 1.76 bits per heavy atom. The third-order valence-corrected chi connectivity index (χ3v) is 4.14. The fraction of sp³-hybridized carbons (Fsp3) is 0.200. The predicted octanol–water partition coefficient (Wildman–Crippen LogP) is 5.35. The first-order valence-corrected chi connectivity index (χ1v) is 7.14. The number of hydrogen-bond acceptors (Lipinski definition) is 1. The highest BCUT2D eigenvalue weighted by molar-refractivity contribution is 7.98. The van der Waals surface area contributed by atoms with Crippen LogP contribution in [-0.2, 0) is 0 Å². The Bertz CT molecular complexity index is 547. The largest absolute Gasteiger partial charge is 0.130 e. The Morgan fingerprint density at radius 3 is 2.47 bits per heavy atom. The van der Waals surface area contributed by atoms with Crippen LogP contribution in [0.1, 0.15) is 11.1 Å². The molecule has 0 saturated heterocycles. The molecule has 0 amide bonds. The van der Waals surface area contributed by atoms with E-state index in [1.807, 2.05) is 12.1 Å². The van der Waals surface area contributed by atoms with Crippen LogP contribution in [0.25, 0.3) is 11.1 Å². The van der Waals surface area contributed by atoms with Crippen LogP contribution in [0.2, 0.25) is 5.02 Å². The lowest BCUT2D eigenvalue weighted by atomic mass is 9.97. The molecule has 2 aromatic rings. The van der Waals surface area contributed by atoms with E-state index in [0.29, 0.717) is 0 Å². The molecule has 17 heavy (non-hydrogen) atoms. The van der Waals surface area contributed by atoms with Gasteiger partial charge in [-0.25, -0.2) is 0 Å². The molecule has 0 nitrogen and oxygen atoms in total. The standard InChI is InChI=1S/C15H15ClS/c1-10-7-8-12(17-3)9-14(10)13-5-4-6-15(16)11(13)2/h4-9H,1-3H3. The van der Waals surface area contributed by atoms with Gasteiger partial charge in [0.2, 0.25) is 0 Å². The molecule has 0 unspecified atom stereocenters. The zero-order valence-corrected chi connectivity index (χ0v) is 11.8. The van der Waals surface area contributed by atoms with Gasteiger partial charge in [0.25, 0.3) is 0 Å². The minimum absolute atomic E-state index is 0.830. The summed E-state index contributed by atoms with van der Waals surface area (Å²) in [7, 11) is 0. The fourth-order valence-corrected chi connectivity index (χ4v) is 2.53. The van der Waals surface area contributed by atoms with E-state index in [1.165, 1.54) is 21.6 Å². The van der Waals surface area contributed by atoms with E-state index < -0.39 is 0 Å². The Hall–Kier alpha value is -0.920. The molecule has 0 radical (unpaired) electrons. The molecule has 0 saturated carbocycles. The van der Waals surface area contributed by atoms with Crippen LogP contribution in [-0.4, -0.2) is 6.26 Å². The lowest BCUT2D eigenvalue weighted by molar-refractivity contribution is 1.35. The normalized spacial score (nSPS) is 10.6. The molecule has 0 aromatic heterocycles. The summed E-state index contributed by atoms with van der Waals surface area (Å²) in [5.74, 6) is 0. The number of aryl methyl sites for hydroxylation is 1. The number of thioether (sulfide) groups is 1. The Labute approximate surface area is 112 Å². The minimum atomic E-state index is 0.830. The maximum Gasteiger partial charge on any atom is 0.0441 e. The SMILES string of the molecule is CSc1ccc(C)c(-c2cccc(Cl)c2C)c1. The zero-order valence-electron chi connectivity index (χ0n) is 10.3. The van der Waals surface area contributed by atoms with Crippen LogP contribution in [0.4, 0.5) is 0 Å². The highest BCUT2D eigenvalue weighted by atomic mass is 35.5. The van der Waals surface area contributed by atoms with Gasteiger partial charge >= 0.3 is 0 Å². The second kappa shape index (κ2) is 5.16. The average Bonchev–Trinajstić information content (AvgIpc) is 2.34. The van der Waals surface area contributed by atoms with Crippen molar-refractivity contribution >= 4 is 23.4 Å². The van der Waals surface area contributed by atoms with E-state index in [0.717, 1.165) is 10.6 Å². The second-order valence-electron chi connectivity index (χ2n) is 4.09. The number of rotatable bonds is 2. The van der Waals surface area contributed by atoms with Gasteiger partial charge in [0, 0.05) is 9.92 Å². The van der Waals surface area contributed by atoms with Gasteiger partial charge in [-0.05, 0) is 60.6 Å². The van der Waals surface area contributed by atoms with Crippen LogP contribution < -0.4 is 0 Å². The van der Waals surface area contributed by atoms with Crippen LogP contribution in [0.5, 0.6) is 0 Å². The third kappa shape index (κ3) is 2.51. The molecule has 0 bridgehead atoms. The van der Waals surface area contributed by atoms with Crippen molar-refractivity contribution in [3.05, 3.63) is 52.5 Å². The predicted molar refractivity (Wildman–Crippen MR) is 78.1 cm³/mol. The average molecular weight is 263 g/mol. The smallest absolute Gasteiger partial charge is 0.0441 e. The molecule has 2 heteroatoms. The van der Waals surface area contributed by atoms with Gasteiger partial charge in [0.15, 0.2) is 0 Å². The lowest BCUT2D eigenvalue weighted by Crippen LogP contribution is -1.88. The first-order chi connectivity index (χ1) is 8.13. The van der Waals surface area contributed by atoms with Crippen molar-refractivity contribution in [3.63, 3.8) is 0 Å². The first-order valence-electron chi connectivity index (χ1n) is 5.53. The number of hydrogen-bond donors (Lipinski definition) is 0. The van der Waals surface area contributed by atoms with Gasteiger partial charge in [-0.2, -0.15) is 0 Å². The Kier molecular flexibility index (Phi) is 3.80. The van der Waals surface area contributed by atoms with Crippen molar-refractivity contribution in [1.29, 1.82) is 0 Å². The van der Waals surface area contributed by atoms with Gasteiger partial charge in [-0.3, -0.25) is 0 Å². The van der Waals surface area contributed by atoms with Crippen molar-refractivity contribution < 1.29 is 0 Å². The van der Waals surface area contributed by atoms with Crippen molar-refractivity contribution in [3.8, 4) is 11.1 Å². The van der Waals surface area contributed by atoms with Crippen molar-refractivity contribution in [2.75, 3.05) is 6.26 Å². The van der Waals surface area contributed by atoms with E-state index in [2.05, 4.69) is 44.4 Å². The van der Waals surface area contributed by atoms with Gasteiger partial charge in [-0.1, -0.05) is 29.8 Å². The summed E-state index contributed by atoms with van der Waals surface area (Å²) in [4.78, 5) is 1.28. The summed E-state index contributed by atoms with van der Waals surface area (Å²) in [6.07, 6.45) is 2.10. The van der Waals surface area contributed by atoms with E-state index >= 15 is 0 Å². The number of halogens is 1. The highest BCUT2D eigenvalue weighted by Gasteiger charge is 2.08. The Balaban J connectivity index is 2.63. The molecule has 2 aromatic carbocycles. The summed E-state index contributed by atoms with van der Waals surface area (Å²) in [5.41, 5.74) is 4.94. The van der Waals surface area contributed by atoms with Crippen molar-refractivity contribution in [1.82, 2.24) is 0 Å². The maximum atomic E-state index is 6.18. The van der Waals surface area contributed by atoms with Crippen molar-refractivity contribution in [2.24, 2.45) is 0 Å². The van der Waals surface area contributed by atoms with E-state index in [4.69, 9.17) is 11.6 Å². The van der Waals surface area contributed by atoms with Gasteiger partial charge < -0.3 is 0 Å². The van der Waals surface area contributed by atoms with Crippen LogP contribution in [0.3, 0.4) is 0 Å². The molecule has 0 aliphatic heterocycles. The monoisotopic (exact) mass is 262 g/mol. The first kappa shape index (κ1) is 12.5. The second-order valence-corrected chi connectivity index (χ2v) is 5.38. The van der Waals surface area contributed by atoms with E-state index in [1.54, 1.807) is 11.8 Å². The molecule has 0 heterocycles. The maximum absolute atomic E-state index is 6.18. The molecular formula is C15H15ClS. The van der Waals surface area contributed by atoms with Crippen LogP contribution in [0.15, 0.2) is 41.3 Å². The lowest BCUT2D eigenvalue weighted by Gasteiger charge is -2.11. The summed E-state index contributed by atoms with van der Waals surface area (Å²) >= 11 is 7.95. The fourth-order valence-electron chi connectivity index (χ4n) is 1.92. The van der Waals surface area contributed by atoms with Gasteiger partial charge in [0.1, 0.15) is 0 Å². The molecule has 2 rings (SSSR count). The summed E-state index contributed by atoms with van der Waals surface area (Å²) in [5, 5.41) is 0.830. The minimum Gasteiger partial charge on any atom is -0.130 e. The molecule has 88 valence electrons. The molecule has 0 atom stereocenters. The molecule has 0 aliphatic rings. The number of benzene rings is 2. The van der Waals surface area contributed by atoms with E-state index in [-0.39, 0.29) is 0 Å². The van der Waals surface area contributed by atoms with Crippen molar-refractivity contribution in [2.45, 2.75) is 18.7 Å². The summed E-state index contributed by atoms with van der Waals surface area (Å²) < 4.78 is 0. The quantitative estimate of drug-likeness (QED) is 0.658. The molecular weight excluding hydrogens is 248 g/mol. The molecule has 0 N–H and O–H groups in total. The molecule has 0 fully saturated rings. The Morgan fingerprint density at radius 1 is 1.00 bits per heavy atom.